The molecular formula is C11H7F3O6S. The number of halogens is 3. The molecule has 0 radical (unpaired) electrons. The number of ketones is 1. The van der Waals surface area contributed by atoms with E-state index in [-0.39, 0.29) is 16.7 Å². The molecule has 1 aromatic carbocycles. The molecule has 2 aromatic rings. The van der Waals surface area contributed by atoms with Crippen LogP contribution in [0, 0.1) is 0 Å². The van der Waals surface area contributed by atoms with Crippen molar-refractivity contribution in [1.82, 2.24) is 0 Å². The molecule has 0 unspecified atom stereocenters. The topological polar surface area (TPSA) is 93.8 Å². The van der Waals surface area contributed by atoms with Crippen LogP contribution in [0.1, 0.15) is 17.5 Å². The van der Waals surface area contributed by atoms with E-state index in [1.807, 2.05) is 0 Å². The van der Waals surface area contributed by atoms with Crippen molar-refractivity contribution in [2.75, 3.05) is 0 Å². The summed E-state index contributed by atoms with van der Waals surface area (Å²) >= 11 is 0. The average molecular weight is 324 g/mol. The van der Waals surface area contributed by atoms with E-state index < -0.39 is 32.9 Å². The van der Waals surface area contributed by atoms with Crippen LogP contribution < -0.4 is 4.18 Å². The molecule has 1 aromatic heterocycles. The van der Waals surface area contributed by atoms with E-state index in [0.29, 0.717) is 6.07 Å². The standard InChI is InChI=1S/C11H7F3O6S/c1-5(15)9-4-7-8(16)2-6(3-10(7)19-9)20-21(17,18)11(12,13)14/h2-4,16H,1H3. The molecule has 114 valence electrons. The molecule has 2 rings (SSSR count). The van der Waals surface area contributed by atoms with Gasteiger partial charge in [0.05, 0.1) is 5.39 Å². The quantitative estimate of drug-likeness (QED) is 0.530. The Kier molecular flexibility index (Phi) is 3.36. The number of hydrogen-bond acceptors (Lipinski definition) is 6. The Hall–Kier alpha value is -2.23. The molecule has 0 atom stereocenters. The second-order valence-electron chi connectivity index (χ2n) is 4.00. The summed E-state index contributed by atoms with van der Waals surface area (Å²) in [5.74, 6) is -2.00. The molecule has 0 amide bonds. The van der Waals surface area contributed by atoms with Crippen LogP contribution in [0.2, 0.25) is 0 Å². The lowest BCUT2D eigenvalue weighted by Crippen LogP contribution is -2.28. The Morgan fingerprint density at radius 1 is 1.29 bits per heavy atom. The summed E-state index contributed by atoms with van der Waals surface area (Å²) in [5.41, 5.74) is -5.79. The Morgan fingerprint density at radius 3 is 2.43 bits per heavy atom. The predicted molar refractivity (Wildman–Crippen MR) is 63.5 cm³/mol. The predicted octanol–water partition coefficient (Wildman–Crippen LogP) is 2.57. The third-order valence-electron chi connectivity index (χ3n) is 2.43. The highest BCUT2D eigenvalue weighted by molar-refractivity contribution is 7.88. The molecule has 0 bridgehead atoms. The zero-order valence-electron chi connectivity index (χ0n) is 10.3. The van der Waals surface area contributed by atoms with Crippen molar-refractivity contribution < 1.29 is 40.1 Å². The van der Waals surface area contributed by atoms with Crippen molar-refractivity contribution >= 4 is 26.9 Å². The minimum absolute atomic E-state index is 0.0388. The van der Waals surface area contributed by atoms with Crippen LogP contribution in [0.5, 0.6) is 11.5 Å². The molecule has 0 spiro atoms. The first kappa shape index (κ1) is 15.2. The van der Waals surface area contributed by atoms with Gasteiger partial charge in [0, 0.05) is 19.1 Å². The number of aromatic hydroxyl groups is 1. The molecule has 6 nitrogen and oxygen atoms in total. The van der Waals surface area contributed by atoms with Crippen LogP contribution in [0.4, 0.5) is 13.2 Å². The van der Waals surface area contributed by atoms with Gasteiger partial charge in [-0.05, 0) is 6.07 Å². The normalized spacial score (nSPS) is 12.6. The maximum atomic E-state index is 12.2. The molecule has 0 saturated heterocycles. The highest BCUT2D eigenvalue weighted by Crippen LogP contribution is 2.35. The minimum atomic E-state index is -5.87. The minimum Gasteiger partial charge on any atom is -0.507 e. The smallest absolute Gasteiger partial charge is 0.507 e. The molecule has 0 aliphatic rings. The molecule has 1 heterocycles. The second-order valence-corrected chi connectivity index (χ2v) is 5.54. The first-order valence-electron chi connectivity index (χ1n) is 5.29. The van der Waals surface area contributed by atoms with Gasteiger partial charge in [0.25, 0.3) is 0 Å². The van der Waals surface area contributed by atoms with Gasteiger partial charge in [0.1, 0.15) is 17.1 Å². The lowest BCUT2D eigenvalue weighted by molar-refractivity contribution is -0.0500. The maximum Gasteiger partial charge on any atom is 0.534 e. The van der Waals surface area contributed by atoms with Crippen LogP contribution in [0.25, 0.3) is 11.0 Å². The first-order chi connectivity index (χ1) is 9.51. The molecule has 1 N–H and O–H groups in total. The number of phenols is 1. The summed E-state index contributed by atoms with van der Waals surface area (Å²) in [4.78, 5) is 11.1. The molecule has 0 aliphatic carbocycles. The third kappa shape index (κ3) is 2.79. The van der Waals surface area contributed by atoms with Gasteiger partial charge in [-0.25, -0.2) is 0 Å². The van der Waals surface area contributed by atoms with Crippen LogP contribution >= 0.6 is 0 Å². The highest BCUT2D eigenvalue weighted by atomic mass is 32.2. The van der Waals surface area contributed by atoms with E-state index >= 15 is 0 Å². The van der Waals surface area contributed by atoms with Gasteiger partial charge in [-0.15, -0.1) is 0 Å². The van der Waals surface area contributed by atoms with Gasteiger partial charge in [-0.1, -0.05) is 0 Å². The summed E-state index contributed by atoms with van der Waals surface area (Å²) in [6.45, 7) is 1.18. The van der Waals surface area contributed by atoms with Gasteiger partial charge >= 0.3 is 15.6 Å². The van der Waals surface area contributed by atoms with Gasteiger partial charge < -0.3 is 13.7 Å². The zero-order valence-corrected chi connectivity index (χ0v) is 11.1. The molecule has 0 saturated carbocycles. The number of fused-ring (bicyclic) bond motifs is 1. The lowest BCUT2D eigenvalue weighted by Gasteiger charge is -2.09. The molecule has 10 heteroatoms. The van der Waals surface area contributed by atoms with Gasteiger partial charge in [0.15, 0.2) is 11.5 Å². The van der Waals surface area contributed by atoms with Crippen LogP contribution in [0.3, 0.4) is 0 Å². The van der Waals surface area contributed by atoms with Crippen LogP contribution in [-0.2, 0) is 10.1 Å². The largest absolute Gasteiger partial charge is 0.534 e. The molecular weight excluding hydrogens is 317 g/mol. The fourth-order valence-corrected chi connectivity index (χ4v) is 1.94. The fraction of sp³-hybridized carbons (Fsp3) is 0.182. The summed E-state index contributed by atoms with van der Waals surface area (Å²) in [5, 5.41) is 9.66. The number of Topliss-reactive ketones (excluding diaryl/α,β-unsaturated/α-hetero) is 1. The monoisotopic (exact) mass is 324 g/mol. The van der Waals surface area contributed by atoms with Crippen molar-refractivity contribution in [2.45, 2.75) is 12.4 Å². The SMILES string of the molecule is CC(=O)c1cc2c(O)cc(OS(=O)(=O)C(F)(F)F)cc2o1. The number of furan rings is 1. The number of alkyl halides is 3. The maximum absolute atomic E-state index is 12.2. The summed E-state index contributed by atoms with van der Waals surface area (Å²) in [6, 6.07) is 2.67. The van der Waals surface area contributed by atoms with E-state index in [9.17, 15) is 31.5 Å². The highest BCUT2D eigenvalue weighted by Gasteiger charge is 2.48. The summed E-state index contributed by atoms with van der Waals surface area (Å²) < 4.78 is 67.2. The number of carbonyl (C=O) groups excluding carboxylic acids is 1. The number of rotatable bonds is 3. The van der Waals surface area contributed by atoms with Gasteiger partial charge in [-0.3, -0.25) is 4.79 Å². The molecule has 21 heavy (non-hydrogen) atoms. The van der Waals surface area contributed by atoms with Gasteiger partial charge in [0.2, 0.25) is 0 Å². The first-order valence-corrected chi connectivity index (χ1v) is 6.70. The van der Waals surface area contributed by atoms with Crippen molar-refractivity contribution in [3.8, 4) is 11.5 Å². The Labute approximate surface area is 115 Å². The van der Waals surface area contributed by atoms with Gasteiger partial charge in [-0.2, -0.15) is 21.6 Å². The van der Waals surface area contributed by atoms with E-state index in [1.165, 1.54) is 13.0 Å². The summed E-state index contributed by atoms with van der Waals surface area (Å²) in [6.07, 6.45) is 0. The van der Waals surface area contributed by atoms with Crippen LogP contribution in [0.15, 0.2) is 22.6 Å². The van der Waals surface area contributed by atoms with E-state index in [4.69, 9.17) is 4.42 Å². The molecule has 0 aliphatic heterocycles. The second kappa shape index (κ2) is 4.65. The van der Waals surface area contributed by atoms with Crippen molar-refractivity contribution in [3.05, 3.63) is 24.0 Å². The fourth-order valence-electron chi connectivity index (χ4n) is 1.49. The van der Waals surface area contributed by atoms with Crippen LogP contribution in [-0.4, -0.2) is 24.8 Å². The van der Waals surface area contributed by atoms with E-state index in [0.717, 1.165) is 6.07 Å². The Balaban J connectivity index is 2.50. The molecule has 0 fully saturated rings. The van der Waals surface area contributed by atoms with Crippen molar-refractivity contribution in [1.29, 1.82) is 0 Å². The van der Waals surface area contributed by atoms with Crippen molar-refractivity contribution in [2.24, 2.45) is 0 Å². The Morgan fingerprint density at radius 2 is 1.90 bits per heavy atom. The third-order valence-corrected chi connectivity index (χ3v) is 3.40. The number of benzene rings is 1. The number of hydrogen-bond donors (Lipinski definition) is 1. The lowest BCUT2D eigenvalue weighted by atomic mass is 10.2. The van der Waals surface area contributed by atoms with E-state index in [2.05, 4.69) is 4.18 Å². The summed E-state index contributed by atoms with van der Waals surface area (Å²) in [7, 11) is -5.87. The number of phenolic OH excluding ortho intramolecular Hbond substituents is 1. The zero-order chi connectivity index (χ0) is 16.0. The van der Waals surface area contributed by atoms with E-state index in [1.54, 1.807) is 0 Å². The average Bonchev–Trinajstić information content (AvgIpc) is 2.71. The Bertz CT molecular complexity index is 818. The van der Waals surface area contributed by atoms with Crippen molar-refractivity contribution in [3.63, 3.8) is 0 Å². The number of carbonyl (C=O) groups is 1.